The molecule has 2 N–H and O–H groups in total. The molecule has 1 aliphatic heterocycles. The molecule has 1 saturated heterocycles. The van der Waals surface area contributed by atoms with Crippen molar-refractivity contribution in [3.63, 3.8) is 0 Å². The highest BCUT2D eigenvalue weighted by atomic mass is 32.2. The third-order valence-electron chi connectivity index (χ3n) is 8.43. The van der Waals surface area contributed by atoms with Crippen molar-refractivity contribution in [2.75, 3.05) is 13.1 Å². The van der Waals surface area contributed by atoms with Crippen LogP contribution in [0.25, 0.3) is 0 Å². The second kappa shape index (κ2) is 11.6. The molecule has 1 heterocycles. The highest BCUT2D eigenvalue weighted by Crippen LogP contribution is 2.50. The number of hydrogen-bond donors (Lipinski definition) is 2. The molecule has 3 atom stereocenters. The smallest absolute Gasteiger partial charge is 0.352 e. The van der Waals surface area contributed by atoms with Gasteiger partial charge < -0.3 is 5.32 Å². The molecule has 2 aliphatic carbocycles. The number of nitrogens with one attached hydrogen (secondary N) is 2. The molecule has 0 unspecified atom stereocenters. The number of unbranched alkanes of at least 4 members (excludes halogenated alkanes) is 2. The van der Waals surface area contributed by atoms with Crippen molar-refractivity contribution in [2.45, 2.75) is 69.6 Å². The van der Waals surface area contributed by atoms with Crippen LogP contribution in [0.15, 0.2) is 48.5 Å². The highest BCUT2D eigenvalue weighted by Gasteiger charge is 2.60. The minimum atomic E-state index is -4.59. The van der Waals surface area contributed by atoms with Crippen LogP contribution in [-0.4, -0.2) is 43.4 Å². The van der Waals surface area contributed by atoms with Gasteiger partial charge >= 0.3 is 6.18 Å². The first-order valence-electron chi connectivity index (χ1n) is 13.8. The Balaban J connectivity index is 1.15. The van der Waals surface area contributed by atoms with E-state index in [1.54, 1.807) is 0 Å². The number of alkyl halides is 3. The first-order chi connectivity index (χ1) is 19.0. The molecule has 2 aromatic carbocycles. The Bertz CT molecular complexity index is 1400. The summed E-state index contributed by atoms with van der Waals surface area (Å²) in [5, 5.41) is 2.93. The normalized spacial score (nSPS) is 25.2. The molecule has 2 bridgehead atoms. The van der Waals surface area contributed by atoms with Crippen LogP contribution in [-0.2, 0) is 34.4 Å². The fourth-order valence-corrected chi connectivity index (χ4v) is 8.18. The van der Waals surface area contributed by atoms with E-state index in [1.165, 1.54) is 0 Å². The average molecular weight is 574 g/mol. The van der Waals surface area contributed by atoms with Crippen molar-refractivity contribution in [2.24, 2.45) is 11.8 Å². The topological polar surface area (TPSA) is 78.5 Å². The van der Waals surface area contributed by atoms with Crippen LogP contribution in [0.5, 0.6) is 0 Å². The van der Waals surface area contributed by atoms with Gasteiger partial charge in [0.2, 0.25) is 5.91 Å². The number of nitrogens with zero attached hydrogens (tertiary/aromatic N) is 1. The van der Waals surface area contributed by atoms with Crippen LogP contribution in [0.2, 0.25) is 0 Å². The quantitative estimate of drug-likeness (QED) is 0.379. The molecule has 40 heavy (non-hydrogen) atoms. The Labute approximate surface area is 233 Å². The number of halogens is 3. The summed E-state index contributed by atoms with van der Waals surface area (Å²) >= 11 is 0. The van der Waals surface area contributed by atoms with Gasteiger partial charge in [0.1, 0.15) is 6.54 Å². The SMILES string of the molecule is O=C(CCCCC#Cc1ccc2c(c1)C[C@@H]1CC[C@H](C2)[C@]12CN(CC(F)(F)F)S(=O)(=O)N2)NCc1ccccc1. The maximum atomic E-state index is 13.1. The molecular weight excluding hydrogens is 539 g/mol. The maximum Gasteiger partial charge on any atom is 0.402 e. The van der Waals surface area contributed by atoms with Gasteiger partial charge in [0, 0.05) is 31.5 Å². The lowest BCUT2D eigenvalue weighted by molar-refractivity contribution is -0.136. The number of amides is 1. The Kier molecular flexibility index (Phi) is 8.27. The van der Waals surface area contributed by atoms with E-state index in [9.17, 15) is 26.4 Å². The summed E-state index contributed by atoms with van der Waals surface area (Å²) in [6.07, 6.45) is 0.935. The summed E-state index contributed by atoms with van der Waals surface area (Å²) in [6.45, 7) is -1.08. The molecular formula is C30H34F3N3O3S. The zero-order valence-electron chi connectivity index (χ0n) is 22.3. The molecule has 10 heteroatoms. The molecule has 214 valence electrons. The van der Waals surface area contributed by atoms with Crippen molar-refractivity contribution >= 4 is 16.1 Å². The van der Waals surface area contributed by atoms with E-state index in [1.807, 2.05) is 48.5 Å². The molecule has 0 aromatic heterocycles. The van der Waals surface area contributed by atoms with Crippen molar-refractivity contribution in [3.8, 4) is 11.8 Å². The van der Waals surface area contributed by atoms with Crippen molar-refractivity contribution < 1.29 is 26.4 Å². The molecule has 5 rings (SSSR count). The number of carbonyl (C=O) groups excluding carboxylic acids is 1. The van der Waals surface area contributed by atoms with Gasteiger partial charge in [-0.05, 0) is 79.2 Å². The number of rotatable bonds is 7. The van der Waals surface area contributed by atoms with Gasteiger partial charge in [0.25, 0.3) is 10.2 Å². The van der Waals surface area contributed by atoms with Gasteiger partial charge in [0.15, 0.2) is 0 Å². The number of carbonyl (C=O) groups is 1. The van der Waals surface area contributed by atoms with Gasteiger partial charge in [-0.15, -0.1) is 0 Å². The maximum absolute atomic E-state index is 13.1. The van der Waals surface area contributed by atoms with Gasteiger partial charge in [-0.1, -0.05) is 48.2 Å². The van der Waals surface area contributed by atoms with Gasteiger partial charge in [-0.25, -0.2) is 0 Å². The van der Waals surface area contributed by atoms with E-state index >= 15 is 0 Å². The van der Waals surface area contributed by atoms with E-state index in [0.29, 0.717) is 36.5 Å². The molecule has 1 spiro atoms. The monoisotopic (exact) mass is 573 g/mol. The van der Waals surface area contributed by atoms with Crippen LogP contribution in [0, 0.1) is 23.7 Å². The highest BCUT2D eigenvalue weighted by molar-refractivity contribution is 7.87. The van der Waals surface area contributed by atoms with Crippen LogP contribution >= 0.6 is 0 Å². The molecule has 1 saturated carbocycles. The molecule has 2 aromatic rings. The van der Waals surface area contributed by atoms with Crippen molar-refractivity contribution in [1.82, 2.24) is 14.3 Å². The number of hydrogen-bond acceptors (Lipinski definition) is 3. The Morgan fingerprint density at radius 3 is 2.50 bits per heavy atom. The molecule has 2 fully saturated rings. The van der Waals surface area contributed by atoms with E-state index in [2.05, 4.69) is 21.9 Å². The van der Waals surface area contributed by atoms with Crippen LogP contribution in [0.3, 0.4) is 0 Å². The second-order valence-electron chi connectivity index (χ2n) is 11.2. The zero-order chi connectivity index (χ0) is 28.4. The Morgan fingerprint density at radius 2 is 1.77 bits per heavy atom. The minimum absolute atomic E-state index is 0.0284. The molecule has 6 nitrogen and oxygen atoms in total. The van der Waals surface area contributed by atoms with E-state index in [-0.39, 0.29) is 24.3 Å². The van der Waals surface area contributed by atoms with Crippen LogP contribution in [0.1, 0.15) is 60.8 Å². The lowest BCUT2D eigenvalue weighted by atomic mass is 9.79. The van der Waals surface area contributed by atoms with Crippen LogP contribution < -0.4 is 10.0 Å². The lowest BCUT2D eigenvalue weighted by Gasteiger charge is -2.33. The van der Waals surface area contributed by atoms with Crippen molar-refractivity contribution in [1.29, 1.82) is 0 Å². The third-order valence-corrected chi connectivity index (χ3v) is 10.0. The average Bonchev–Trinajstić information content (AvgIpc) is 3.29. The number of fused-ring (bicyclic) bond motifs is 1. The first kappa shape index (κ1) is 28.7. The molecule has 0 radical (unpaired) electrons. The molecule has 1 amide bonds. The third kappa shape index (κ3) is 6.54. The fourth-order valence-electron chi connectivity index (χ4n) is 6.47. The van der Waals surface area contributed by atoms with Gasteiger partial charge in [-0.2, -0.15) is 30.6 Å². The zero-order valence-corrected chi connectivity index (χ0v) is 23.1. The fraction of sp³-hybridized carbons (Fsp3) is 0.500. The summed E-state index contributed by atoms with van der Waals surface area (Å²) in [4.78, 5) is 12.1. The molecule has 3 aliphatic rings. The van der Waals surface area contributed by atoms with Crippen LogP contribution in [0.4, 0.5) is 13.2 Å². The summed E-state index contributed by atoms with van der Waals surface area (Å²) in [7, 11) is -4.19. The van der Waals surface area contributed by atoms with Gasteiger partial charge in [-0.3, -0.25) is 4.79 Å². The standard InChI is InChI=1S/C30H34F3N3O3S/c31-30(32,33)21-36-20-29(35-40(36,38)39)26-14-15-27(29)18-25-16-22(12-13-24(25)17-26)8-4-1-2-7-11-28(37)34-19-23-9-5-3-6-10-23/h3,5-6,9-10,12-13,16,26-27,35H,1-2,7,11,14-15,17-21H2,(H,34,37)/t26-,27+,29-/m1/s1. The summed E-state index contributed by atoms with van der Waals surface area (Å²) in [6, 6.07) is 15.8. The summed E-state index contributed by atoms with van der Waals surface area (Å²) in [5.41, 5.74) is 3.28. The number of benzene rings is 2. The van der Waals surface area contributed by atoms with E-state index < -0.39 is 28.5 Å². The largest absolute Gasteiger partial charge is 0.402 e. The van der Waals surface area contributed by atoms with E-state index in [4.69, 9.17) is 0 Å². The van der Waals surface area contributed by atoms with E-state index in [0.717, 1.165) is 47.9 Å². The first-order valence-corrected chi connectivity index (χ1v) is 15.3. The Morgan fingerprint density at radius 1 is 1.05 bits per heavy atom. The predicted molar refractivity (Wildman–Crippen MR) is 146 cm³/mol. The second-order valence-corrected chi connectivity index (χ2v) is 12.8. The summed E-state index contributed by atoms with van der Waals surface area (Å²) in [5.74, 6) is 6.31. The van der Waals surface area contributed by atoms with Crippen molar-refractivity contribution in [3.05, 3.63) is 70.8 Å². The summed E-state index contributed by atoms with van der Waals surface area (Å²) < 4.78 is 67.9. The Hall–Kier alpha value is -2.87. The minimum Gasteiger partial charge on any atom is -0.352 e. The lowest BCUT2D eigenvalue weighted by Crippen LogP contribution is -2.52. The van der Waals surface area contributed by atoms with Gasteiger partial charge in [0.05, 0.1) is 5.54 Å². The predicted octanol–water partition coefficient (Wildman–Crippen LogP) is 4.49.